The van der Waals surface area contributed by atoms with Gasteiger partial charge in [0.15, 0.2) is 17.3 Å². The van der Waals surface area contributed by atoms with Crippen molar-refractivity contribution in [2.75, 3.05) is 32.3 Å². The van der Waals surface area contributed by atoms with Gasteiger partial charge in [-0.2, -0.15) is 10.2 Å². The number of hydrogen-bond donors (Lipinski definition) is 3. The Morgan fingerprint density at radius 3 is 2.60 bits per heavy atom. The van der Waals surface area contributed by atoms with Crippen LogP contribution in [-0.2, 0) is 32.9 Å². The Bertz CT molecular complexity index is 1580. The quantitative estimate of drug-likeness (QED) is 0.138. The minimum absolute atomic E-state index is 0.145. The van der Waals surface area contributed by atoms with Crippen molar-refractivity contribution in [3.05, 3.63) is 77.9 Å². The molecule has 0 bridgehead atoms. The number of aromatic nitrogens is 5. The van der Waals surface area contributed by atoms with E-state index in [2.05, 4.69) is 31.1 Å². The molecule has 0 unspecified atom stereocenters. The van der Waals surface area contributed by atoms with Crippen LogP contribution in [0.1, 0.15) is 34.6 Å². The number of amides is 2. The van der Waals surface area contributed by atoms with Crippen LogP contribution in [0, 0.1) is 0 Å². The third-order valence-electron chi connectivity index (χ3n) is 6.91. The van der Waals surface area contributed by atoms with Crippen LogP contribution >= 0.6 is 0 Å². The number of carbonyl (C=O) groups is 2. The number of nitrogens with two attached hydrogens (primary N) is 1. The Hall–Kier alpha value is -4.95. The molecule has 4 aromatic rings. The number of para-hydroxylation sites is 1. The predicted molar refractivity (Wildman–Crippen MR) is 153 cm³/mol. The zero-order chi connectivity index (χ0) is 30.2. The van der Waals surface area contributed by atoms with Gasteiger partial charge in [-0.1, -0.05) is 36.4 Å². The molecule has 2 aromatic heterocycles. The molecule has 0 atom stereocenters. The molecule has 2 heterocycles. The highest BCUT2D eigenvalue weighted by atomic mass is 19.1. The third kappa shape index (κ3) is 6.76. The number of carbonyl (C=O) groups excluding carboxylic acids is 2. The van der Waals surface area contributed by atoms with E-state index in [1.54, 1.807) is 35.3 Å². The molecule has 224 valence electrons. The summed E-state index contributed by atoms with van der Waals surface area (Å²) in [6.07, 6.45) is 2.65. The molecule has 13 nitrogen and oxygen atoms in total. The van der Waals surface area contributed by atoms with Crippen molar-refractivity contribution in [1.82, 2.24) is 30.4 Å². The van der Waals surface area contributed by atoms with Gasteiger partial charge in [0.25, 0.3) is 5.91 Å². The molecule has 0 spiro atoms. The molecule has 1 saturated carbocycles. The number of alkyl halides is 1. The Balaban J connectivity index is 1.37. The van der Waals surface area contributed by atoms with Crippen molar-refractivity contribution in [3.63, 3.8) is 0 Å². The van der Waals surface area contributed by atoms with Crippen LogP contribution in [0.3, 0.4) is 0 Å². The van der Waals surface area contributed by atoms with E-state index in [9.17, 15) is 14.0 Å². The van der Waals surface area contributed by atoms with Crippen molar-refractivity contribution in [3.8, 4) is 17.1 Å². The van der Waals surface area contributed by atoms with Crippen molar-refractivity contribution in [2.24, 2.45) is 5.73 Å². The van der Waals surface area contributed by atoms with Crippen molar-refractivity contribution >= 4 is 23.2 Å². The van der Waals surface area contributed by atoms with Gasteiger partial charge in [0.2, 0.25) is 5.91 Å². The van der Waals surface area contributed by atoms with Crippen LogP contribution in [0.15, 0.2) is 60.9 Å². The zero-order valence-electron chi connectivity index (χ0n) is 23.5. The number of ether oxygens (including phenoxy) is 2. The molecule has 0 aliphatic heterocycles. The molecule has 1 aliphatic rings. The van der Waals surface area contributed by atoms with Crippen LogP contribution in [0.4, 0.5) is 15.8 Å². The summed E-state index contributed by atoms with van der Waals surface area (Å²) in [5.74, 6) is -0.470. The maximum atomic E-state index is 12.8. The molecule has 1 fully saturated rings. The first-order valence-corrected chi connectivity index (χ1v) is 13.6. The van der Waals surface area contributed by atoms with Gasteiger partial charge in [0.1, 0.15) is 19.6 Å². The van der Waals surface area contributed by atoms with Gasteiger partial charge in [-0.05, 0) is 36.6 Å². The molecule has 4 N–H and O–H groups in total. The number of nitrogens with one attached hydrogen (secondary N) is 2. The van der Waals surface area contributed by atoms with E-state index in [1.165, 1.54) is 7.11 Å². The summed E-state index contributed by atoms with van der Waals surface area (Å²) < 4.78 is 25.7. The Labute approximate surface area is 246 Å². The fraction of sp³-hybridized carbons (Fsp3) is 0.310. The van der Waals surface area contributed by atoms with Crippen LogP contribution in [0.2, 0.25) is 0 Å². The van der Waals surface area contributed by atoms with E-state index in [1.807, 2.05) is 30.3 Å². The maximum Gasteiger partial charge on any atom is 0.297 e. The first kappa shape index (κ1) is 29.5. The van der Waals surface area contributed by atoms with Gasteiger partial charge in [0, 0.05) is 0 Å². The van der Waals surface area contributed by atoms with E-state index in [-0.39, 0.29) is 18.0 Å². The lowest BCUT2D eigenvalue weighted by molar-refractivity contribution is -0.120. The SMILES string of the molecule is COc1c(Nc2cc(C3(C(N)=O)CC3)nnc2C(=O)NOCCF)cccc1-c1ncn(CCOCc2ccccc2)n1. The molecule has 2 amide bonds. The normalized spacial score (nSPS) is 13.3. The van der Waals surface area contributed by atoms with Crippen LogP contribution < -0.4 is 21.3 Å². The lowest BCUT2D eigenvalue weighted by atomic mass is 10.0. The fourth-order valence-corrected chi connectivity index (χ4v) is 4.47. The number of nitrogens with zero attached hydrogens (tertiary/aromatic N) is 5. The standard InChI is InChI=1S/C29H31FN8O5/c1-41-25-20(26-32-18-38(36-26)13-15-42-17-19-6-3-2-4-7-19)8-5-9-21(25)33-22-16-23(29(10-11-29)28(31)40)34-35-24(22)27(39)37-43-14-12-30/h2-9,16,18H,10-15,17H2,1H3,(H2,31,40)(H,33,34)(H,37,39). The molecule has 0 radical (unpaired) electrons. The summed E-state index contributed by atoms with van der Waals surface area (Å²) in [5, 5.41) is 15.9. The third-order valence-corrected chi connectivity index (χ3v) is 6.91. The Morgan fingerprint density at radius 2 is 1.88 bits per heavy atom. The van der Waals surface area contributed by atoms with E-state index in [0.717, 1.165) is 5.56 Å². The summed E-state index contributed by atoms with van der Waals surface area (Å²) in [6.45, 7) is 0.319. The zero-order valence-corrected chi connectivity index (χ0v) is 23.5. The number of benzene rings is 2. The maximum absolute atomic E-state index is 12.8. The van der Waals surface area contributed by atoms with Gasteiger partial charge in [-0.25, -0.2) is 14.9 Å². The number of primary amides is 1. The molecule has 2 aromatic carbocycles. The molecule has 5 rings (SSSR count). The van der Waals surface area contributed by atoms with E-state index < -0.39 is 23.9 Å². The summed E-state index contributed by atoms with van der Waals surface area (Å²) in [4.78, 5) is 34.3. The average Bonchev–Trinajstić information content (AvgIpc) is 3.72. The molecule has 0 saturated heterocycles. The predicted octanol–water partition coefficient (Wildman–Crippen LogP) is 2.85. The van der Waals surface area contributed by atoms with Crippen molar-refractivity contribution < 1.29 is 28.3 Å². The van der Waals surface area contributed by atoms with Crippen molar-refractivity contribution in [1.29, 1.82) is 0 Å². The van der Waals surface area contributed by atoms with Crippen molar-refractivity contribution in [2.45, 2.75) is 31.4 Å². The number of anilines is 2. The fourth-order valence-electron chi connectivity index (χ4n) is 4.47. The Morgan fingerprint density at radius 1 is 1.07 bits per heavy atom. The number of hydroxylamine groups is 1. The lowest BCUT2D eigenvalue weighted by Crippen LogP contribution is -2.31. The second kappa shape index (κ2) is 13.4. The highest BCUT2D eigenvalue weighted by Gasteiger charge is 2.52. The van der Waals surface area contributed by atoms with E-state index >= 15 is 0 Å². The summed E-state index contributed by atoms with van der Waals surface area (Å²) in [5.41, 5.74) is 9.36. The molecule has 43 heavy (non-hydrogen) atoms. The highest BCUT2D eigenvalue weighted by molar-refractivity contribution is 5.98. The molecule has 14 heteroatoms. The van der Waals surface area contributed by atoms with Gasteiger partial charge < -0.3 is 20.5 Å². The number of rotatable bonds is 15. The monoisotopic (exact) mass is 590 g/mol. The van der Waals surface area contributed by atoms with Crippen LogP contribution in [0.25, 0.3) is 11.4 Å². The van der Waals surface area contributed by atoms with E-state index in [0.29, 0.717) is 61.1 Å². The smallest absolute Gasteiger partial charge is 0.297 e. The second-order valence-electron chi connectivity index (χ2n) is 9.79. The summed E-state index contributed by atoms with van der Waals surface area (Å²) in [7, 11) is 1.50. The van der Waals surface area contributed by atoms with Gasteiger partial charge >= 0.3 is 0 Å². The number of methoxy groups -OCH3 is 1. The topological polar surface area (TPSA) is 168 Å². The first-order valence-electron chi connectivity index (χ1n) is 13.6. The minimum atomic E-state index is -0.948. The average molecular weight is 591 g/mol. The lowest BCUT2D eigenvalue weighted by Gasteiger charge is -2.17. The molecular formula is C29H31FN8O5. The van der Waals surface area contributed by atoms with E-state index in [4.69, 9.17) is 20.0 Å². The summed E-state index contributed by atoms with van der Waals surface area (Å²) in [6, 6.07) is 16.7. The van der Waals surface area contributed by atoms with Gasteiger partial charge in [0.05, 0.1) is 54.9 Å². The molecular weight excluding hydrogens is 559 g/mol. The molecule has 1 aliphatic carbocycles. The second-order valence-corrected chi connectivity index (χ2v) is 9.79. The summed E-state index contributed by atoms with van der Waals surface area (Å²) >= 11 is 0. The van der Waals surface area contributed by atoms with Gasteiger partial charge in [-0.3, -0.25) is 19.1 Å². The minimum Gasteiger partial charge on any atom is -0.494 e. The van der Waals surface area contributed by atoms with Crippen LogP contribution in [0.5, 0.6) is 5.75 Å². The van der Waals surface area contributed by atoms with Crippen LogP contribution in [-0.4, -0.2) is 63.8 Å². The number of halogens is 1. The largest absolute Gasteiger partial charge is 0.494 e. The highest BCUT2D eigenvalue weighted by Crippen LogP contribution is 2.48. The number of hydrogen-bond acceptors (Lipinski definition) is 10. The first-order chi connectivity index (χ1) is 20.9. The Kier molecular flexibility index (Phi) is 9.17. The van der Waals surface area contributed by atoms with Gasteiger partial charge in [-0.15, -0.1) is 5.10 Å².